The Morgan fingerprint density at radius 1 is 1.24 bits per heavy atom. The number of nitrogens with zero attached hydrogens (tertiary/aromatic N) is 3. The van der Waals surface area contributed by atoms with Gasteiger partial charge in [-0.2, -0.15) is 0 Å². The number of hydrogen-bond donors (Lipinski definition) is 2. The van der Waals surface area contributed by atoms with Crippen molar-refractivity contribution in [2.75, 3.05) is 29.9 Å². The van der Waals surface area contributed by atoms with E-state index >= 15 is 0 Å². The van der Waals surface area contributed by atoms with Gasteiger partial charge in [-0.3, -0.25) is 14.6 Å². The van der Waals surface area contributed by atoms with E-state index < -0.39 is 0 Å². The van der Waals surface area contributed by atoms with Crippen molar-refractivity contribution in [1.29, 1.82) is 0 Å². The van der Waals surface area contributed by atoms with Crippen LogP contribution in [-0.4, -0.2) is 41.4 Å². The van der Waals surface area contributed by atoms with Crippen molar-refractivity contribution < 1.29 is 9.59 Å². The number of hydrogen-bond acceptors (Lipinski definition) is 5. The molecule has 130 valence electrons. The summed E-state index contributed by atoms with van der Waals surface area (Å²) in [6.45, 7) is 3.43. The van der Waals surface area contributed by atoms with Gasteiger partial charge in [0.15, 0.2) is 0 Å². The van der Waals surface area contributed by atoms with Gasteiger partial charge in [0, 0.05) is 44.1 Å². The monoisotopic (exact) mass is 339 g/mol. The largest absolute Gasteiger partial charge is 0.367 e. The van der Waals surface area contributed by atoms with Crippen molar-refractivity contribution in [2.45, 2.75) is 13.3 Å². The maximum Gasteiger partial charge on any atom is 0.227 e. The molecular formula is C18H21N5O2. The number of aryl methyl sites for hydroxylation is 1. The summed E-state index contributed by atoms with van der Waals surface area (Å²) >= 11 is 0. The minimum absolute atomic E-state index is 0.0123. The Morgan fingerprint density at radius 2 is 2.04 bits per heavy atom. The summed E-state index contributed by atoms with van der Waals surface area (Å²) in [6, 6.07) is 7.76. The van der Waals surface area contributed by atoms with E-state index in [4.69, 9.17) is 0 Å². The summed E-state index contributed by atoms with van der Waals surface area (Å²) in [7, 11) is 0. The van der Waals surface area contributed by atoms with Crippen LogP contribution in [0.1, 0.15) is 12.0 Å². The predicted molar refractivity (Wildman–Crippen MR) is 95.2 cm³/mol. The number of rotatable bonds is 6. The molecule has 2 heterocycles. The molecule has 2 N–H and O–H groups in total. The third-order valence-corrected chi connectivity index (χ3v) is 4.13. The second-order valence-corrected chi connectivity index (χ2v) is 6.05. The number of aromatic nitrogens is 2. The van der Waals surface area contributed by atoms with Gasteiger partial charge in [0.25, 0.3) is 0 Å². The average Bonchev–Trinajstić information content (AvgIpc) is 3.02. The predicted octanol–water partition coefficient (Wildman–Crippen LogP) is 1.37. The number of anilines is 2. The topological polar surface area (TPSA) is 87.2 Å². The van der Waals surface area contributed by atoms with Crippen molar-refractivity contribution in [3.8, 4) is 0 Å². The first-order valence-corrected chi connectivity index (χ1v) is 8.28. The first-order chi connectivity index (χ1) is 12.1. The van der Waals surface area contributed by atoms with E-state index in [1.807, 2.05) is 31.2 Å². The van der Waals surface area contributed by atoms with Gasteiger partial charge in [0.2, 0.25) is 11.8 Å². The molecule has 0 bridgehead atoms. The van der Waals surface area contributed by atoms with E-state index in [2.05, 4.69) is 20.6 Å². The Labute approximate surface area is 146 Å². The molecule has 1 atom stereocenters. The Morgan fingerprint density at radius 3 is 2.76 bits per heavy atom. The van der Waals surface area contributed by atoms with Crippen LogP contribution in [0.15, 0.2) is 42.9 Å². The Bertz CT molecular complexity index is 733. The van der Waals surface area contributed by atoms with E-state index in [9.17, 15) is 9.59 Å². The highest BCUT2D eigenvalue weighted by Gasteiger charge is 2.34. The fraction of sp³-hybridized carbons (Fsp3) is 0.333. The van der Waals surface area contributed by atoms with Crippen molar-refractivity contribution in [1.82, 2.24) is 15.3 Å². The standard InChI is InChI=1S/C18H21N5O2/c1-13-2-4-15(5-3-13)23-12-14(10-17(23)24)18(25)22-9-8-21-16-11-19-6-7-20-16/h2-7,11,14H,8-10,12H2,1H3,(H,20,21)(H,22,25)/t14-/m1/s1. The van der Waals surface area contributed by atoms with E-state index in [0.717, 1.165) is 11.3 Å². The van der Waals surface area contributed by atoms with Crippen molar-refractivity contribution in [3.63, 3.8) is 0 Å². The molecule has 0 radical (unpaired) electrons. The lowest BCUT2D eigenvalue weighted by Gasteiger charge is -2.17. The zero-order valence-corrected chi connectivity index (χ0v) is 14.1. The highest BCUT2D eigenvalue weighted by Crippen LogP contribution is 2.25. The SMILES string of the molecule is Cc1ccc(N2C[C@H](C(=O)NCCNc3cnccn3)CC2=O)cc1. The molecule has 0 spiro atoms. The lowest BCUT2D eigenvalue weighted by molar-refractivity contribution is -0.126. The van der Waals surface area contributed by atoms with Gasteiger partial charge in [0.1, 0.15) is 5.82 Å². The van der Waals surface area contributed by atoms with Gasteiger partial charge in [-0.05, 0) is 19.1 Å². The molecule has 1 saturated heterocycles. The maximum absolute atomic E-state index is 12.3. The molecule has 1 aromatic heterocycles. The molecule has 1 fully saturated rings. The minimum Gasteiger partial charge on any atom is -0.367 e. The number of carbonyl (C=O) groups is 2. The minimum atomic E-state index is -0.315. The van der Waals surface area contributed by atoms with Gasteiger partial charge in [0.05, 0.1) is 12.1 Å². The second kappa shape index (κ2) is 7.74. The van der Waals surface area contributed by atoms with E-state index in [-0.39, 0.29) is 24.2 Å². The normalized spacial score (nSPS) is 16.8. The van der Waals surface area contributed by atoms with Gasteiger partial charge < -0.3 is 15.5 Å². The molecular weight excluding hydrogens is 318 g/mol. The summed E-state index contributed by atoms with van der Waals surface area (Å²) in [4.78, 5) is 34.2. The zero-order chi connectivity index (χ0) is 17.6. The molecule has 1 aliphatic rings. The summed E-state index contributed by atoms with van der Waals surface area (Å²) < 4.78 is 0. The third-order valence-electron chi connectivity index (χ3n) is 4.13. The lowest BCUT2D eigenvalue weighted by atomic mass is 10.1. The van der Waals surface area contributed by atoms with Crippen molar-refractivity contribution in [2.24, 2.45) is 5.92 Å². The first-order valence-electron chi connectivity index (χ1n) is 8.28. The number of amides is 2. The molecule has 0 unspecified atom stereocenters. The van der Waals surface area contributed by atoms with Crippen molar-refractivity contribution in [3.05, 3.63) is 48.4 Å². The molecule has 2 amide bonds. The second-order valence-electron chi connectivity index (χ2n) is 6.05. The van der Waals surface area contributed by atoms with Crippen LogP contribution in [0, 0.1) is 12.8 Å². The molecule has 7 nitrogen and oxygen atoms in total. The molecule has 3 rings (SSSR count). The first kappa shape index (κ1) is 16.9. The summed E-state index contributed by atoms with van der Waals surface area (Å²) in [5, 5.41) is 5.94. The van der Waals surface area contributed by atoms with Crippen LogP contribution in [0.2, 0.25) is 0 Å². The molecule has 0 aliphatic carbocycles. The lowest BCUT2D eigenvalue weighted by Crippen LogP contribution is -2.35. The van der Waals surface area contributed by atoms with E-state index in [1.165, 1.54) is 0 Å². The third kappa shape index (κ3) is 4.32. The van der Waals surface area contributed by atoms with Crippen LogP contribution in [0.4, 0.5) is 11.5 Å². The highest BCUT2D eigenvalue weighted by atomic mass is 16.2. The molecule has 25 heavy (non-hydrogen) atoms. The van der Waals surface area contributed by atoms with Crippen LogP contribution in [0.3, 0.4) is 0 Å². The van der Waals surface area contributed by atoms with Gasteiger partial charge >= 0.3 is 0 Å². The smallest absolute Gasteiger partial charge is 0.227 e. The van der Waals surface area contributed by atoms with Crippen LogP contribution in [-0.2, 0) is 9.59 Å². The maximum atomic E-state index is 12.3. The molecule has 7 heteroatoms. The van der Waals surface area contributed by atoms with Gasteiger partial charge in [-0.25, -0.2) is 4.98 Å². The Balaban J connectivity index is 1.46. The zero-order valence-electron chi connectivity index (χ0n) is 14.1. The highest BCUT2D eigenvalue weighted by molar-refractivity contribution is 6.00. The molecule has 1 aromatic carbocycles. The van der Waals surface area contributed by atoms with Crippen LogP contribution >= 0.6 is 0 Å². The fourth-order valence-corrected chi connectivity index (χ4v) is 2.77. The fourth-order valence-electron chi connectivity index (χ4n) is 2.77. The summed E-state index contributed by atoms with van der Waals surface area (Å²) in [5.74, 6) is 0.245. The Hall–Kier alpha value is -2.96. The molecule has 0 saturated carbocycles. The summed E-state index contributed by atoms with van der Waals surface area (Å²) in [5.41, 5.74) is 1.98. The number of benzene rings is 1. The van der Waals surface area contributed by atoms with Crippen LogP contribution in [0.25, 0.3) is 0 Å². The quantitative estimate of drug-likeness (QED) is 0.776. The Kier molecular flexibility index (Phi) is 5.23. The van der Waals surface area contributed by atoms with Crippen LogP contribution in [0.5, 0.6) is 0 Å². The summed E-state index contributed by atoms with van der Waals surface area (Å²) in [6.07, 6.45) is 5.07. The molecule has 1 aliphatic heterocycles. The van der Waals surface area contributed by atoms with E-state index in [1.54, 1.807) is 23.5 Å². The van der Waals surface area contributed by atoms with Gasteiger partial charge in [-0.1, -0.05) is 17.7 Å². The van der Waals surface area contributed by atoms with Crippen molar-refractivity contribution >= 4 is 23.3 Å². The number of nitrogens with one attached hydrogen (secondary N) is 2. The van der Waals surface area contributed by atoms with E-state index in [0.29, 0.717) is 25.5 Å². The molecule has 2 aromatic rings. The van der Waals surface area contributed by atoms with Crippen LogP contribution < -0.4 is 15.5 Å². The number of carbonyl (C=O) groups excluding carboxylic acids is 2. The van der Waals surface area contributed by atoms with Gasteiger partial charge in [-0.15, -0.1) is 0 Å². The average molecular weight is 339 g/mol.